The summed E-state index contributed by atoms with van der Waals surface area (Å²) in [7, 11) is 0. The average Bonchev–Trinajstić information content (AvgIpc) is 2.90. The zero-order chi connectivity index (χ0) is 27.2. The first-order valence-electron chi connectivity index (χ1n) is 16.1. The van der Waals surface area contributed by atoms with Crippen molar-refractivity contribution in [1.82, 2.24) is 0 Å². The number of rotatable bonds is 29. The number of aliphatic hydroxyl groups excluding tert-OH is 1. The van der Waals surface area contributed by atoms with E-state index >= 15 is 0 Å². The normalized spacial score (nSPS) is 12.0. The van der Waals surface area contributed by atoms with E-state index in [1.807, 2.05) is 0 Å². The Balaban J connectivity index is 3.53. The van der Waals surface area contributed by atoms with Crippen LogP contribution >= 0.6 is 0 Å². The third kappa shape index (κ3) is 27.7. The second kappa shape index (κ2) is 29.5. The van der Waals surface area contributed by atoms with E-state index in [1.54, 1.807) is 0 Å². The molecule has 0 aliphatic carbocycles. The molecule has 0 amide bonds. The highest BCUT2D eigenvalue weighted by Gasteiger charge is 2.16. The maximum Gasteiger partial charge on any atom is 0.306 e. The maximum atomic E-state index is 12.0. The van der Waals surface area contributed by atoms with E-state index in [0.29, 0.717) is 12.8 Å². The number of hydrogen-bond acceptors (Lipinski definition) is 5. The molecule has 0 unspecified atom stereocenters. The van der Waals surface area contributed by atoms with Crippen LogP contribution in [-0.4, -0.2) is 36.4 Å². The molecule has 0 aliphatic heterocycles. The van der Waals surface area contributed by atoms with Crippen molar-refractivity contribution in [1.29, 1.82) is 0 Å². The second-order valence-electron chi connectivity index (χ2n) is 10.9. The highest BCUT2D eigenvalue weighted by Crippen LogP contribution is 2.14. The van der Waals surface area contributed by atoms with Gasteiger partial charge < -0.3 is 14.6 Å². The fraction of sp³-hybridized carbons (Fsp3) is 0.938. The van der Waals surface area contributed by atoms with Gasteiger partial charge in [0.1, 0.15) is 6.61 Å². The third-order valence-corrected chi connectivity index (χ3v) is 7.15. The van der Waals surface area contributed by atoms with Crippen LogP contribution in [0, 0.1) is 0 Å². The quantitative estimate of drug-likeness (QED) is 0.0776. The fourth-order valence-electron chi connectivity index (χ4n) is 4.67. The van der Waals surface area contributed by atoms with Gasteiger partial charge in [-0.05, 0) is 12.8 Å². The first-order valence-corrected chi connectivity index (χ1v) is 16.1. The molecule has 0 radical (unpaired) electrons. The fourth-order valence-corrected chi connectivity index (χ4v) is 4.67. The highest BCUT2D eigenvalue weighted by atomic mass is 16.6. The Morgan fingerprint density at radius 2 is 0.838 bits per heavy atom. The molecule has 37 heavy (non-hydrogen) atoms. The van der Waals surface area contributed by atoms with Crippen LogP contribution in [0.25, 0.3) is 0 Å². The van der Waals surface area contributed by atoms with Gasteiger partial charge in [0.25, 0.3) is 0 Å². The van der Waals surface area contributed by atoms with Crippen molar-refractivity contribution in [3.05, 3.63) is 0 Å². The topological polar surface area (TPSA) is 72.8 Å². The lowest BCUT2D eigenvalue weighted by molar-refractivity contribution is -0.161. The predicted octanol–water partition coefficient (Wildman–Crippen LogP) is 9.23. The van der Waals surface area contributed by atoms with Gasteiger partial charge >= 0.3 is 11.9 Å². The summed E-state index contributed by atoms with van der Waals surface area (Å²) in [5.41, 5.74) is 0. The molecule has 0 fully saturated rings. The van der Waals surface area contributed by atoms with Crippen molar-refractivity contribution in [2.75, 3.05) is 13.2 Å². The van der Waals surface area contributed by atoms with Crippen LogP contribution in [0.4, 0.5) is 0 Å². The largest absolute Gasteiger partial charge is 0.462 e. The van der Waals surface area contributed by atoms with Crippen LogP contribution < -0.4 is 0 Å². The van der Waals surface area contributed by atoms with Gasteiger partial charge in [0, 0.05) is 12.8 Å². The minimum atomic E-state index is -0.758. The van der Waals surface area contributed by atoms with E-state index in [9.17, 15) is 14.7 Å². The van der Waals surface area contributed by atoms with Crippen LogP contribution in [0.3, 0.4) is 0 Å². The van der Waals surface area contributed by atoms with E-state index in [1.165, 1.54) is 116 Å². The van der Waals surface area contributed by atoms with E-state index in [2.05, 4.69) is 13.8 Å². The predicted molar refractivity (Wildman–Crippen MR) is 155 cm³/mol. The van der Waals surface area contributed by atoms with Gasteiger partial charge in [-0.25, -0.2) is 0 Å². The van der Waals surface area contributed by atoms with Gasteiger partial charge in [-0.1, -0.05) is 149 Å². The number of hydrogen-bond donors (Lipinski definition) is 1. The van der Waals surface area contributed by atoms with Crippen molar-refractivity contribution in [3.63, 3.8) is 0 Å². The van der Waals surface area contributed by atoms with Gasteiger partial charge in [0.15, 0.2) is 6.10 Å². The minimum absolute atomic E-state index is 0.0581. The monoisotopic (exact) mass is 526 g/mol. The molecule has 0 spiro atoms. The Bertz CT molecular complexity index is 494. The summed E-state index contributed by atoms with van der Waals surface area (Å²) in [6, 6.07) is 0. The number of carbonyl (C=O) groups excluding carboxylic acids is 2. The van der Waals surface area contributed by atoms with Gasteiger partial charge in [0.2, 0.25) is 0 Å². The highest BCUT2D eigenvalue weighted by molar-refractivity contribution is 5.70. The summed E-state index contributed by atoms with van der Waals surface area (Å²) in [6.45, 7) is 4.11. The lowest BCUT2D eigenvalue weighted by Gasteiger charge is -2.15. The smallest absolute Gasteiger partial charge is 0.306 e. The Morgan fingerprint density at radius 1 is 0.514 bits per heavy atom. The molecule has 0 rings (SSSR count). The van der Waals surface area contributed by atoms with Crippen molar-refractivity contribution in [2.45, 2.75) is 180 Å². The number of aliphatic hydroxyl groups is 1. The molecule has 0 aliphatic rings. The Hall–Kier alpha value is -1.10. The summed E-state index contributed by atoms with van der Waals surface area (Å²) in [5.74, 6) is -0.586. The van der Waals surface area contributed by atoms with Crippen LogP contribution in [0.1, 0.15) is 174 Å². The molecule has 0 aromatic carbocycles. The summed E-state index contributed by atoms with van der Waals surface area (Å²) in [5, 5.41) is 9.46. The van der Waals surface area contributed by atoms with E-state index in [4.69, 9.17) is 9.47 Å². The molecule has 0 saturated carbocycles. The molecule has 0 heterocycles. The summed E-state index contributed by atoms with van der Waals surface area (Å²) in [6.07, 6.45) is 28.7. The van der Waals surface area contributed by atoms with Crippen LogP contribution in [0.2, 0.25) is 0 Å². The average molecular weight is 527 g/mol. The third-order valence-electron chi connectivity index (χ3n) is 7.15. The summed E-state index contributed by atoms with van der Waals surface area (Å²) < 4.78 is 10.5. The van der Waals surface area contributed by atoms with Crippen LogP contribution in [0.5, 0.6) is 0 Å². The van der Waals surface area contributed by atoms with Crippen molar-refractivity contribution in [2.24, 2.45) is 0 Å². The zero-order valence-electron chi connectivity index (χ0n) is 24.7. The van der Waals surface area contributed by atoms with Crippen LogP contribution in [-0.2, 0) is 19.1 Å². The van der Waals surface area contributed by atoms with Gasteiger partial charge in [-0.3, -0.25) is 9.59 Å². The molecular formula is C32H62O5. The summed E-state index contributed by atoms with van der Waals surface area (Å²) in [4.78, 5) is 24.0. The number of unbranched alkanes of at least 4 members (excludes halogenated alkanes) is 21. The minimum Gasteiger partial charge on any atom is -0.462 e. The molecule has 5 nitrogen and oxygen atoms in total. The standard InChI is InChI=1S/C32H62O5/c1-3-5-7-9-11-13-14-15-16-17-19-20-22-24-26-31(34)36-29-30(28-33)37-32(35)27-25-23-21-18-12-10-8-6-4-2/h30,33H,3-29H2,1-2H3/t30-/m0/s1. The number of ether oxygens (including phenoxy) is 2. The van der Waals surface area contributed by atoms with E-state index in [0.717, 1.165) is 32.1 Å². The van der Waals surface area contributed by atoms with Crippen LogP contribution in [0.15, 0.2) is 0 Å². The van der Waals surface area contributed by atoms with Gasteiger partial charge in [-0.15, -0.1) is 0 Å². The Morgan fingerprint density at radius 3 is 1.19 bits per heavy atom. The molecular weight excluding hydrogens is 464 g/mol. The molecule has 5 heteroatoms. The first kappa shape index (κ1) is 35.9. The van der Waals surface area contributed by atoms with Crippen molar-refractivity contribution < 1.29 is 24.2 Å². The van der Waals surface area contributed by atoms with Gasteiger partial charge in [0.05, 0.1) is 6.61 Å². The molecule has 0 bridgehead atoms. The van der Waals surface area contributed by atoms with E-state index < -0.39 is 6.10 Å². The molecule has 1 N–H and O–H groups in total. The van der Waals surface area contributed by atoms with Gasteiger partial charge in [-0.2, -0.15) is 0 Å². The van der Waals surface area contributed by atoms with Crippen molar-refractivity contribution in [3.8, 4) is 0 Å². The summed E-state index contributed by atoms with van der Waals surface area (Å²) >= 11 is 0. The lowest BCUT2D eigenvalue weighted by atomic mass is 10.0. The first-order chi connectivity index (χ1) is 18.1. The molecule has 0 aromatic heterocycles. The molecule has 0 saturated heterocycles. The number of carbonyl (C=O) groups is 2. The lowest BCUT2D eigenvalue weighted by Crippen LogP contribution is -2.28. The number of esters is 2. The molecule has 0 aromatic rings. The second-order valence-corrected chi connectivity index (χ2v) is 10.9. The SMILES string of the molecule is CCCCCCCCCCCCCCCCC(=O)OC[C@H](CO)OC(=O)CCCCCCCCCCC. The Kier molecular flexibility index (Phi) is 28.6. The van der Waals surface area contributed by atoms with Crippen molar-refractivity contribution >= 4 is 11.9 Å². The molecule has 1 atom stereocenters. The Labute approximate surface area is 229 Å². The molecule has 220 valence electrons. The van der Waals surface area contributed by atoms with E-state index in [-0.39, 0.29) is 25.2 Å². The zero-order valence-corrected chi connectivity index (χ0v) is 24.7. The maximum absolute atomic E-state index is 12.0.